The number of benzene rings is 2. The molecule has 0 aliphatic carbocycles. The first-order valence-electron chi connectivity index (χ1n) is 6.67. The van der Waals surface area contributed by atoms with Crippen molar-refractivity contribution in [1.82, 2.24) is 0 Å². The van der Waals surface area contributed by atoms with Crippen LogP contribution in [0.25, 0.3) is 0 Å². The van der Waals surface area contributed by atoms with Crippen molar-refractivity contribution in [3.8, 4) is 5.75 Å². The van der Waals surface area contributed by atoms with E-state index in [0.29, 0.717) is 17.9 Å². The third-order valence-corrected chi connectivity index (χ3v) is 2.93. The molecule has 1 amide bonds. The first-order chi connectivity index (χ1) is 10.1. The second-order valence-corrected chi connectivity index (χ2v) is 4.56. The fraction of sp³-hybridized carbons (Fsp3) is 0.188. The van der Waals surface area contributed by atoms with Gasteiger partial charge in [-0.05, 0) is 36.8 Å². The SMILES string of the molecule is CCC(Oc1ccccc1)C(=O)Nc1cc(N)ccc1F. The van der Waals surface area contributed by atoms with Gasteiger partial charge in [0.25, 0.3) is 5.91 Å². The number of para-hydroxylation sites is 1. The highest BCUT2D eigenvalue weighted by Gasteiger charge is 2.19. The highest BCUT2D eigenvalue weighted by molar-refractivity contribution is 5.94. The Morgan fingerprint density at radius 3 is 2.67 bits per heavy atom. The van der Waals surface area contributed by atoms with E-state index in [0.717, 1.165) is 0 Å². The Morgan fingerprint density at radius 1 is 1.29 bits per heavy atom. The summed E-state index contributed by atoms with van der Waals surface area (Å²) in [6.07, 6.45) is -0.238. The molecule has 0 heterocycles. The first kappa shape index (κ1) is 14.8. The summed E-state index contributed by atoms with van der Waals surface area (Å²) in [4.78, 5) is 12.2. The molecule has 0 saturated heterocycles. The number of ether oxygens (including phenoxy) is 1. The van der Waals surface area contributed by atoms with Gasteiger partial charge in [-0.2, -0.15) is 0 Å². The highest BCUT2D eigenvalue weighted by atomic mass is 19.1. The number of nitrogen functional groups attached to an aromatic ring is 1. The van der Waals surface area contributed by atoms with E-state index in [1.54, 1.807) is 12.1 Å². The van der Waals surface area contributed by atoms with Crippen LogP contribution >= 0.6 is 0 Å². The number of anilines is 2. The Balaban J connectivity index is 2.08. The van der Waals surface area contributed by atoms with E-state index in [1.165, 1.54) is 18.2 Å². The maximum atomic E-state index is 13.6. The molecule has 1 atom stereocenters. The van der Waals surface area contributed by atoms with Crippen molar-refractivity contribution in [3.63, 3.8) is 0 Å². The second kappa shape index (κ2) is 6.74. The predicted molar refractivity (Wildman–Crippen MR) is 80.6 cm³/mol. The first-order valence-corrected chi connectivity index (χ1v) is 6.67. The zero-order chi connectivity index (χ0) is 15.2. The topological polar surface area (TPSA) is 64.3 Å². The molecule has 0 radical (unpaired) electrons. The van der Waals surface area contributed by atoms with Crippen molar-refractivity contribution >= 4 is 17.3 Å². The number of amides is 1. The van der Waals surface area contributed by atoms with E-state index in [4.69, 9.17) is 10.5 Å². The van der Waals surface area contributed by atoms with Crippen LogP contribution in [0.1, 0.15) is 13.3 Å². The van der Waals surface area contributed by atoms with Crippen molar-refractivity contribution < 1.29 is 13.9 Å². The Hall–Kier alpha value is -2.56. The van der Waals surface area contributed by atoms with E-state index in [2.05, 4.69) is 5.32 Å². The molecule has 4 nitrogen and oxygen atoms in total. The number of hydrogen-bond acceptors (Lipinski definition) is 3. The molecule has 110 valence electrons. The van der Waals surface area contributed by atoms with Crippen molar-refractivity contribution in [1.29, 1.82) is 0 Å². The molecule has 2 aromatic carbocycles. The van der Waals surface area contributed by atoms with Gasteiger partial charge in [0.2, 0.25) is 0 Å². The fourth-order valence-electron chi connectivity index (χ4n) is 1.84. The number of rotatable bonds is 5. The van der Waals surface area contributed by atoms with Crippen LogP contribution in [-0.4, -0.2) is 12.0 Å². The molecule has 5 heteroatoms. The van der Waals surface area contributed by atoms with Crippen LogP contribution in [0.2, 0.25) is 0 Å². The summed E-state index contributed by atoms with van der Waals surface area (Å²) >= 11 is 0. The van der Waals surface area contributed by atoms with Crippen LogP contribution in [-0.2, 0) is 4.79 Å². The van der Waals surface area contributed by atoms with Crippen molar-refractivity contribution in [2.24, 2.45) is 0 Å². The number of halogens is 1. The maximum Gasteiger partial charge on any atom is 0.265 e. The van der Waals surface area contributed by atoms with Gasteiger partial charge in [0.1, 0.15) is 11.6 Å². The van der Waals surface area contributed by atoms with Gasteiger partial charge >= 0.3 is 0 Å². The Kier molecular flexibility index (Phi) is 4.77. The van der Waals surface area contributed by atoms with Gasteiger partial charge < -0.3 is 15.8 Å². The van der Waals surface area contributed by atoms with Gasteiger partial charge in [0, 0.05) is 5.69 Å². The largest absolute Gasteiger partial charge is 0.481 e. The lowest BCUT2D eigenvalue weighted by Crippen LogP contribution is -2.32. The smallest absolute Gasteiger partial charge is 0.265 e. The number of carbonyl (C=O) groups is 1. The second-order valence-electron chi connectivity index (χ2n) is 4.56. The van der Waals surface area contributed by atoms with E-state index >= 15 is 0 Å². The van der Waals surface area contributed by atoms with Gasteiger partial charge in [-0.1, -0.05) is 25.1 Å². The number of carbonyl (C=O) groups excluding carboxylic acids is 1. The normalized spacial score (nSPS) is 11.7. The average Bonchev–Trinajstić information content (AvgIpc) is 2.49. The van der Waals surface area contributed by atoms with Gasteiger partial charge in [0.05, 0.1) is 5.69 Å². The summed E-state index contributed by atoms with van der Waals surface area (Å²) in [5.41, 5.74) is 6.02. The molecule has 2 rings (SSSR count). The molecule has 1 unspecified atom stereocenters. The molecule has 0 aliphatic heterocycles. The molecule has 3 N–H and O–H groups in total. The Morgan fingerprint density at radius 2 is 2.00 bits per heavy atom. The van der Waals surface area contributed by atoms with Crippen molar-refractivity contribution in [3.05, 3.63) is 54.3 Å². The number of hydrogen-bond donors (Lipinski definition) is 2. The van der Waals surface area contributed by atoms with Gasteiger partial charge in [-0.15, -0.1) is 0 Å². The molecular weight excluding hydrogens is 271 g/mol. The van der Waals surface area contributed by atoms with Crippen LogP contribution in [0.5, 0.6) is 5.75 Å². The lowest BCUT2D eigenvalue weighted by atomic mass is 10.2. The molecular formula is C16H17FN2O2. The standard InChI is InChI=1S/C16H17FN2O2/c1-2-15(21-12-6-4-3-5-7-12)16(20)19-14-10-11(18)8-9-13(14)17/h3-10,15H,2,18H2,1H3,(H,19,20). The van der Waals surface area contributed by atoms with Crippen molar-refractivity contribution in [2.75, 3.05) is 11.1 Å². The fourth-order valence-corrected chi connectivity index (χ4v) is 1.84. The minimum Gasteiger partial charge on any atom is -0.481 e. The third kappa shape index (κ3) is 3.95. The Labute approximate surface area is 122 Å². The van der Waals surface area contributed by atoms with Crippen LogP contribution in [0.3, 0.4) is 0 Å². The lowest BCUT2D eigenvalue weighted by Gasteiger charge is -2.17. The quantitative estimate of drug-likeness (QED) is 0.830. The van der Waals surface area contributed by atoms with Crippen LogP contribution < -0.4 is 15.8 Å². The molecule has 21 heavy (non-hydrogen) atoms. The van der Waals surface area contributed by atoms with E-state index in [-0.39, 0.29) is 5.69 Å². The summed E-state index contributed by atoms with van der Waals surface area (Å²) in [5, 5.41) is 2.50. The third-order valence-electron chi connectivity index (χ3n) is 2.93. The summed E-state index contributed by atoms with van der Waals surface area (Å²) in [6, 6.07) is 13.0. The summed E-state index contributed by atoms with van der Waals surface area (Å²) < 4.78 is 19.2. The van der Waals surface area contributed by atoms with Crippen LogP contribution in [0.15, 0.2) is 48.5 Å². The minimum absolute atomic E-state index is 0.0510. The maximum absolute atomic E-state index is 13.6. The number of nitrogens with one attached hydrogen (secondary N) is 1. The van der Waals surface area contributed by atoms with Gasteiger partial charge in [0.15, 0.2) is 6.10 Å². The van der Waals surface area contributed by atoms with Crippen LogP contribution in [0, 0.1) is 5.82 Å². The molecule has 0 aromatic heterocycles. The summed E-state index contributed by atoms with van der Waals surface area (Å²) in [6.45, 7) is 1.82. The molecule has 0 aliphatic rings. The van der Waals surface area contributed by atoms with Crippen molar-refractivity contribution in [2.45, 2.75) is 19.4 Å². The average molecular weight is 288 g/mol. The number of nitrogens with two attached hydrogens (primary N) is 1. The van der Waals surface area contributed by atoms with E-state index in [9.17, 15) is 9.18 Å². The summed E-state index contributed by atoms with van der Waals surface area (Å²) in [7, 11) is 0. The zero-order valence-corrected chi connectivity index (χ0v) is 11.7. The van der Waals surface area contributed by atoms with Gasteiger partial charge in [-0.25, -0.2) is 4.39 Å². The highest BCUT2D eigenvalue weighted by Crippen LogP contribution is 2.19. The molecule has 0 fully saturated rings. The predicted octanol–water partition coefficient (Wildman–Crippen LogP) is 3.20. The minimum atomic E-state index is -0.701. The van der Waals surface area contributed by atoms with Gasteiger partial charge in [-0.3, -0.25) is 4.79 Å². The van der Waals surface area contributed by atoms with E-state index < -0.39 is 17.8 Å². The molecule has 0 bridgehead atoms. The molecule has 0 spiro atoms. The molecule has 0 saturated carbocycles. The zero-order valence-electron chi connectivity index (χ0n) is 11.7. The van der Waals surface area contributed by atoms with E-state index in [1.807, 2.05) is 25.1 Å². The monoisotopic (exact) mass is 288 g/mol. The summed E-state index contributed by atoms with van der Waals surface area (Å²) in [5.74, 6) is -0.356. The lowest BCUT2D eigenvalue weighted by molar-refractivity contribution is -0.122. The molecule has 2 aromatic rings. The Bertz CT molecular complexity index is 617. The van der Waals surface area contributed by atoms with Crippen LogP contribution in [0.4, 0.5) is 15.8 Å².